The maximum absolute atomic E-state index is 13.0. The zero-order valence-corrected chi connectivity index (χ0v) is 24.9. The van der Waals surface area contributed by atoms with Crippen LogP contribution in [0.3, 0.4) is 0 Å². The smallest absolute Gasteiger partial charge is 0.410 e. The second kappa shape index (κ2) is 15.3. The molecule has 1 saturated heterocycles. The Morgan fingerprint density at radius 2 is 1.31 bits per heavy atom. The van der Waals surface area contributed by atoms with Crippen LogP contribution in [-0.2, 0) is 42.8 Å². The van der Waals surface area contributed by atoms with Crippen molar-refractivity contribution in [3.63, 3.8) is 0 Å². The molecular formula is C25H42N2O11S. The summed E-state index contributed by atoms with van der Waals surface area (Å²) in [7, 11) is 0. The molecule has 0 saturated carbocycles. The summed E-state index contributed by atoms with van der Waals surface area (Å²) in [6, 6.07) is -1.36. The molecule has 1 aliphatic heterocycles. The molecule has 0 aromatic rings. The van der Waals surface area contributed by atoms with Gasteiger partial charge in [-0.2, -0.15) is 0 Å². The maximum Gasteiger partial charge on any atom is 0.410 e. The number of hydrogen-bond acceptors (Lipinski definition) is 13. The van der Waals surface area contributed by atoms with Crippen molar-refractivity contribution in [3.8, 4) is 0 Å². The Hall–Kier alpha value is -2.58. The van der Waals surface area contributed by atoms with Crippen molar-refractivity contribution in [2.75, 3.05) is 53.0 Å². The first-order valence-corrected chi connectivity index (χ1v) is 13.4. The summed E-state index contributed by atoms with van der Waals surface area (Å²) in [6.45, 7) is 14.7. The molecule has 1 atom stereocenters. The number of esters is 3. The van der Waals surface area contributed by atoms with Crippen LogP contribution in [0.2, 0.25) is 0 Å². The first kappa shape index (κ1) is 34.4. The van der Waals surface area contributed by atoms with Gasteiger partial charge < -0.3 is 33.7 Å². The van der Waals surface area contributed by atoms with Gasteiger partial charge in [0.1, 0.15) is 12.6 Å². The highest BCUT2D eigenvalue weighted by molar-refractivity contribution is 8.14. The fourth-order valence-corrected chi connectivity index (χ4v) is 3.67. The van der Waals surface area contributed by atoms with Gasteiger partial charge in [0.15, 0.2) is 0 Å². The van der Waals surface area contributed by atoms with E-state index in [1.807, 2.05) is 0 Å². The lowest BCUT2D eigenvalue weighted by atomic mass is 9.97. The van der Waals surface area contributed by atoms with Crippen LogP contribution in [0.4, 0.5) is 9.59 Å². The van der Waals surface area contributed by atoms with Crippen LogP contribution in [0.1, 0.15) is 55.4 Å². The molecule has 0 aliphatic carbocycles. The number of alkyl carbamates (subject to hydrolysis) is 1. The third kappa shape index (κ3) is 13.4. The topological polar surface area (TPSA) is 156 Å². The van der Waals surface area contributed by atoms with E-state index < -0.39 is 64.5 Å². The molecule has 13 nitrogen and oxygen atoms in total. The molecule has 0 spiro atoms. The summed E-state index contributed by atoms with van der Waals surface area (Å²) in [5, 5.41) is 1.54. The van der Waals surface area contributed by atoms with Gasteiger partial charge in [-0.05, 0) is 67.2 Å². The lowest BCUT2D eigenvalue weighted by molar-refractivity contribution is -0.162. The van der Waals surface area contributed by atoms with E-state index in [1.54, 1.807) is 41.5 Å². The number of hydrogen-bond donors (Lipinski definition) is 1. The van der Waals surface area contributed by atoms with E-state index in [0.29, 0.717) is 44.6 Å². The van der Waals surface area contributed by atoms with Crippen molar-refractivity contribution in [2.24, 2.45) is 10.8 Å². The van der Waals surface area contributed by atoms with Gasteiger partial charge in [-0.3, -0.25) is 14.5 Å². The van der Waals surface area contributed by atoms with Crippen LogP contribution in [0.15, 0.2) is 0 Å². The zero-order chi connectivity index (χ0) is 29.9. The first-order chi connectivity index (χ1) is 17.9. The molecule has 1 amide bonds. The Morgan fingerprint density at radius 1 is 0.795 bits per heavy atom. The van der Waals surface area contributed by atoms with E-state index in [-0.39, 0.29) is 6.61 Å². The summed E-state index contributed by atoms with van der Waals surface area (Å²) in [5.41, 5.74) is -1.58. The molecular weight excluding hydrogens is 536 g/mol. The predicted octanol–water partition coefficient (Wildman–Crippen LogP) is 2.70. The van der Waals surface area contributed by atoms with Crippen LogP contribution in [-0.4, -0.2) is 98.0 Å². The zero-order valence-electron chi connectivity index (χ0n) is 24.1. The van der Waals surface area contributed by atoms with Crippen molar-refractivity contribution in [3.05, 3.63) is 0 Å². The number of carbonyl (C=O) groups excluding carboxylic acids is 5. The van der Waals surface area contributed by atoms with E-state index in [1.165, 1.54) is 13.8 Å². The summed E-state index contributed by atoms with van der Waals surface area (Å²) >= 11 is 0.597. The highest BCUT2D eigenvalue weighted by Gasteiger charge is 2.41. The molecule has 0 aromatic heterocycles. The van der Waals surface area contributed by atoms with Gasteiger partial charge in [0.05, 0.1) is 28.8 Å². The molecule has 1 fully saturated rings. The number of ether oxygens (including phenoxy) is 6. The van der Waals surface area contributed by atoms with E-state index in [4.69, 9.17) is 28.4 Å². The van der Waals surface area contributed by atoms with Crippen molar-refractivity contribution < 1.29 is 52.4 Å². The lowest BCUT2D eigenvalue weighted by Gasteiger charge is -2.31. The fourth-order valence-electron chi connectivity index (χ4n) is 2.86. The first-order valence-electron chi connectivity index (χ1n) is 12.5. The fraction of sp³-hybridized carbons (Fsp3) is 0.800. The van der Waals surface area contributed by atoms with Gasteiger partial charge >= 0.3 is 29.3 Å². The Labute approximate surface area is 233 Å². The monoisotopic (exact) mass is 578 g/mol. The van der Waals surface area contributed by atoms with Gasteiger partial charge in [0.2, 0.25) is 13.6 Å². The lowest BCUT2D eigenvalue weighted by Crippen LogP contribution is -2.54. The van der Waals surface area contributed by atoms with E-state index in [2.05, 4.69) is 10.2 Å². The average molecular weight is 579 g/mol. The van der Waals surface area contributed by atoms with E-state index in [0.717, 1.165) is 0 Å². The summed E-state index contributed by atoms with van der Waals surface area (Å²) < 4.78 is 29.1. The third-order valence-electron chi connectivity index (χ3n) is 5.27. The highest BCUT2D eigenvalue weighted by Crippen LogP contribution is 2.31. The number of nitrogens with zero attached hydrogens (tertiary/aromatic N) is 1. The average Bonchev–Trinajstić information content (AvgIpc) is 2.81. The second-order valence-corrected chi connectivity index (χ2v) is 12.9. The molecule has 0 aromatic carbocycles. The van der Waals surface area contributed by atoms with Crippen molar-refractivity contribution >= 4 is 41.1 Å². The molecule has 0 radical (unpaired) electrons. The molecule has 0 unspecified atom stereocenters. The predicted molar refractivity (Wildman–Crippen MR) is 141 cm³/mol. The Kier molecular flexibility index (Phi) is 13.5. The normalized spacial score (nSPS) is 15.5. The standard InChI is InChI=1S/C25H42N2O11S/c1-23(2,3)19(29)35-15-37-21(31)26-17(18(28)34-14-11-27-9-12-33-13-10-27)25(7,8)39-22(32)38-16-36-20(30)24(4,5)6/h17H,9-16H2,1-8H3,(H,26,31)/t17-/m0/s1. The minimum Gasteiger partial charge on any atom is -0.463 e. The van der Waals surface area contributed by atoms with Crippen molar-refractivity contribution in [1.29, 1.82) is 0 Å². The van der Waals surface area contributed by atoms with Crippen LogP contribution >= 0.6 is 11.8 Å². The number of amides is 1. The van der Waals surface area contributed by atoms with Gasteiger partial charge in [-0.25, -0.2) is 14.4 Å². The molecule has 1 rings (SSSR count). The Balaban J connectivity index is 2.79. The maximum atomic E-state index is 13.0. The quantitative estimate of drug-likeness (QED) is 0.217. The largest absolute Gasteiger partial charge is 0.463 e. The van der Waals surface area contributed by atoms with Crippen LogP contribution in [0.25, 0.3) is 0 Å². The minimum absolute atomic E-state index is 0.0448. The number of rotatable bonds is 11. The summed E-state index contributed by atoms with van der Waals surface area (Å²) in [5.74, 6) is -1.95. The SMILES string of the molecule is CC(C)(C)C(=O)OCOC(=O)N[C@@H](C(=O)OCCN1CCOCC1)C(C)(C)SC(=O)OCOC(=O)C(C)(C)C. The van der Waals surface area contributed by atoms with Crippen molar-refractivity contribution in [1.82, 2.24) is 10.2 Å². The molecule has 224 valence electrons. The van der Waals surface area contributed by atoms with Crippen LogP contribution in [0.5, 0.6) is 0 Å². The molecule has 1 heterocycles. The number of morpholine rings is 1. The van der Waals surface area contributed by atoms with Crippen LogP contribution in [0, 0.1) is 10.8 Å². The van der Waals surface area contributed by atoms with E-state index in [9.17, 15) is 24.0 Å². The molecule has 1 aliphatic rings. The molecule has 39 heavy (non-hydrogen) atoms. The van der Waals surface area contributed by atoms with Gasteiger partial charge in [-0.1, -0.05) is 0 Å². The molecule has 1 N–H and O–H groups in total. The Morgan fingerprint density at radius 3 is 1.82 bits per heavy atom. The summed E-state index contributed by atoms with van der Waals surface area (Å²) in [4.78, 5) is 63.7. The number of carbonyl (C=O) groups is 5. The van der Waals surface area contributed by atoms with Crippen molar-refractivity contribution in [2.45, 2.75) is 66.2 Å². The van der Waals surface area contributed by atoms with Gasteiger partial charge in [-0.15, -0.1) is 0 Å². The Bertz CT molecular complexity index is 859. The second-order valence-electron chi connectivity index (χ2n) is 11.3. The van der Waals surface area contributed by atoms with Gasteiger partial charge in [0.25, 0.3) is 0 Å². The number of thioether (sulfide) groups is 1. The van der Waals surface area contributed by atoms with Crippen LogP contribution < -0.4 is 5.32 Å². The molecule has 14 heteroatoms. The van der Waals surface area contributed by atoms with Gasteiger partial charge in [0, 0.05) is 19.6 Å². The van der Waals surface area contributed by atoms with E-state index >= 15 is 0 Å². The third-order valence-corrected chi connectivity index (χ3v) is 6.31. The minimum atomic E-state index is -1.36. The molecule has 0 bridgehead atoms. The summed E-state index contributed by atoms with van der Waals surface area (Å²) in [6.07, 6.45) is -1.06. The number of nitrogens with one attached hydrogen (secondary N) is 1. The highest BCUT2D eigenvalue weighted by atomic mass is 32.2.